The summed E-state index contributed by atoms with van der Waals surface area (Å²) in [7, 11) is 0. The highest BCUT2D eigenvalue weighted by molar-refractivity contribution is 6.32. The van der Waals surface area contributed by atoms with Crippen LogP contribution in [0, 0.1) is 0 Å². The van der Waals surface area contributed by atoms with Crippen LogP contribution >= 0.6 is 11.6 Å². The SMILES string of the molecule is NCC=Cc1ccc(N)cc1Cl. The van der Waals surface area contributed by atoms with Gasteiger partial charge in [0.2, 0.25) is 0 Å². The molecule has 0 atom stereocenters. The maximum absolute atomic E-state index is 5.89. The van der Waals surface area contributed by atoms with Gasteiger partial charge in [0, 0.05) is 17.3 Å². The predicted octanol–water partition coefficient (Wildman–Crippen LogP) is 1.89. The lowest BCUT2D eigenvalue weighted by Crippen LogP contribution is -1.92. The molecule has 0 aromatic heterocycles. The summed E-state index contributed by atoms with van der Waals surface area (Å²) in [5.41, 5.74) is 12.4. The molecule has 0 heterocycles. The van der Waals surface area contributed by atoms with Gasteiger partial charge in [-0.15, -0.1) is 0 Å². The molecule has 0 saturated carbocycles. The molecule has 0 saturated heterocycles. The number of rotatable bonds is 2. The molecular formula is C9H11ClN2. The van der Waals surface area contributed by atoms with E-state index in [1.807, 2.05) is 24.3 Å². The fourth-order valence-electron chi connectivity index (χ4n) is 0.874. The highest BCUT2D eigenvalue weighted by Crippen LogP contribution is 2.19. The van der Waals surface area contributed by atoms with Gasteiger partial charge in [0.05, 0.1) is 0 Å². The van der Waals surface area contributed by atoms with Gasteiger partial charge >= 0.3 is 0 Å². The molecule has 0 amide bonds. The third-order valence-electron chi connectivity index (χ3n) is 1.46. The van der Waals surface area contributed by atoms with Gasteiger partial charge in [0.25, 0.3) is 0 Å². The maximum Gasteiger partial charge on any atom is 0.0498 e. The van der Waals surface area contributed by atoms with Gasteiger partial charge in [0.15, 0.2) is 0 Å². The van der Waals surface area contributed by atoms with Crippen molar-refractivity contribution in [2.75, 3.05) is 12.3 Å². The van der Waals surface area contributed by atoms with Crippen LogP contribution in [0.4, 0.5) is 5.69 Å². The number of hydrogen-bond acceptors (Lipinski definition) is 2. The van der Waals surface area contributed by atoms with Crippen LogP contribution in [0.25, 0.3) is 6.08 Å². The van der Waals surface area contributed by atoms with Crippen LogP contribution in [0.1, 0.15) is 5.56 Å². The summed E-state index contributed by atoms with van der Waals surface area (Å²) in [5.74, 6) is 0. The highest BCUT2D eigenvalue weighted by Gasteiger charge is 1.95. The minimum absolute atomic E-state index is 0.515. The molecule has 12 heavy (non-hydrogen) atoms. The van der Waals surface area contributed by atoms with E-state index in [0.29, 0.717) is 17.3 Å². The Balaban J connectivity index is 2.94. The van der Waals surface area contributed by atoms with Crippen molar-refractivity contribution in [1.82, 2.24) is 0 Å². The molecule has 1 aromatic rings. The van der Waals surface area contributed by atoms with E-state index in [2.05, 4.69) is 0 Å². The first kappa shape index (κ1) is 9.10. The molecule has 4 N–H and O–H groups in total. The zero-order valence-electron chi connectivity index (χ0n) is 6.63. The molecular weight excluding hydrogens is 172 g/mol. The van der Waals surface area contributed by atoms with Gasteiger partial charge < -0.3 is 11.5 Å². The Kier molecular flexibility index (Phi) is 3.14. The molecule has 1 rings (SSSR count). The highest BCUT2D eigenvalue weighted by atomic mass is 35.5. The minimum Gasteiger partial charge on any atom is -0.399 e. The third kappa shape index (κ3) is 2.26. The molecule has 64 valence electrons. The second-order valence-corrected chi connectivity index (χ2v) is 2.83. The quantitative estimate of drug-likeness (QED) is 0.687. The second-order valence-electron chi connectivity index (χ2n) is 2.42. The topological polar surface area (TPSA) is 52.0 Å². The largest absolute Gasteiger partial charge is 0.399 e. The van der Waals surface area contributed by atoms with Crippen LogP contribution in [-0.4, -0.2) is 6.54 Å². The Labute approximate surface area is 76.8 Å². The van der Waals surface area contributed by atoms with Gasteiger partial charge in [-0.25, -0.2) is 0 Å². The van der Waals surface area contributed by atoms with Crippen LogP contribution in [0.3, 0.4) is 0 Å². The Morgan fingerprint density at radius 2 is 2.17 bits per heavy atom. The molecule has 0 aliphatic heterocycles. The molecule has 0 fully saturated rings. The number of halogens is 1. The molecule has 0 unspecified atom stereocenters. The monoisotopic (exact) mass is 182 g/mol. The van der Waals surface area contributed by atoms with Crippen LogP contribution in [0.15, 0.2) is 24.3 Å². The van der Waals surface area contributed by atoms with Crippen molar-refractivity contribution in [2.24, 2.45) is 5.73 Å². The normalized spacial score (nSPS) is 10.8. The Bertz CT molecular complexity index is 295. The van der Waals surface area contributed by atoms with Gasteiger partial charge in [-0.1, -0.05) is 29.8 Å². The summed E-state index contributed by atoms with van der Waals surface area (Å²) in [6, 6.07) is 5.39. The van der Waals surface area contributed by atoms with Crippen LogP contribution in [0.5, 0.6) is 0 Å². The number of hydrogen-bond donors (Lipinski definition) is 2. The second kappa shape index (κ2) is 4.14. The summed E-state index contributed by atoms with van der Waals surface area (Å²) < 4.78 is 0. The number of anilines is 1. The third-order valence-corrected chi connectivity index (χ3v) is 1.79. The first-order valence-corrected chi connectivity index (χ1v) is 4.03. The molecule has 0 aliphatic carbocycles. The van der Waals surface area contributed by atoms with Crippen molar-refractivity contribution in [3.63, 3.8) is 0 Å². The minimum atomic E-state index is 0.515. The smallest absolute Gasteiger partial charge is 0.0498 e. The van der Waals surface area contributed by atoms with E-state index in [4.69, 9.17) is 23.1 Å². The fraction of sp³-hybridized carbons (Fsp3) is 0.111. The van der Waals surface area contributed by atoms with E-state index in [-0.39, 0.29) is 0 Å². The van der Waals surface area contributed by atoms with Crippen molar-refractivity contribution >= 4 is 23.4 Å². The number of benzene rings is 1. The standard InChI is InChI=1S/C9H11ClN2/c10-9-6-8(12)4-3-7(9)2-1-5-11/h1-4,6H,5,11-12H2. The molecule has 0 aliphatic rings. The lowest BCUT2D eigenvalue weighted by atomic mass is 10.2. The fourth-order valence-corrected chi connectivity index (χ4v) is 1.13. The summed E-state index contributed by atoms with van der Waals surface area (Å²) in [6.07, 6.45) is 3.72. The van der Waals surface area contributed by atoms with E-state index in [9.17, 15) is 0 Å². The van der Waals surface area contributed by atoms with Crippen molar-refractivity contribution < 1.29 is 0 Å². The number of nitrogens with two attached hydrogens (primary N) is 2. The Hall–Kier alpha value is -0.990. The van der Waals surface area contributed by atoms with Crippen LogP contribution < -0.4 is 11.5 Å². The van der Waals surface area contributed by atoms with Gasteiger partial charge in [-0.2, -0.15) is 0 Å². The molecule has 3 heteroatoms. The first-order chi connectivity index (χ1) is 5.74. The average molecular weight is 183 g/mol. The average Bonchev–Trinajstić information content (AvgIpc) is 2.03. The van der Waals surface area contributed by atoms with E-state index in [1.54, 1.807) is 6.07 Å². The molecule has 0 bridgehead atoms. The van der Waals surface area contributed by atoms with Crippen molar-refractivity contribution in [1.29, 1.82) is 0 Å². The van der Waals surface area contributed by atoms with Gasteiger partial charge in [-0.3, -0.25) is 0 Å². The van der Waals surface area contributed by atoms with E-state index < -0.39 is 0 Å². The lowest BCUT2D eigenvalue weighted by Gasteiger charge is -1.98. The van der Waals surface area contributed by atoms with Crippen molar-refractivity contribution in [3.8, 4) is 0 Å². The van der Waals surface area contributed by atoms with Gasteiger partial charge in [0.1, 0.15) is 0 Å². The summed E-state index contributed by atoms with van der Waals surface area (Å²) >= 11 is 5.89. The Morgan fingerprint density at radius 3 is 2.75 bits per heavy atom. The van der Waals surface area contributed by atoms with Crippen molar-refractivity contribution in [2.45, 2.75) is 0 Å². The zero-order valence-corrected chi connectivity index (χ0v) is 7.38. The predicted molar refractivity (Wildman–Crippen MR) is 54.0 cm³/mol. The molecule has 1 aromatic carbocycles. The lowest BCUT2D eigenvalue weighted by molar-refractivity contribution is 1.26. The summed E-state index contributed by atoms with van der Waals surface area (Å²) in [4.78, 5) is 0. The number of nitrogen functional groups attached to an aromatic ring is 1. The van der Waals surface area contributed by atoms with Crippen LogP contribution in [0.2, 0.25) is 5.02 Å². The van der Waals surface area contributed by atoms with E-state index in [1.165, 1.54) is 0 Å². The zero-order chi connectivity index (χ0) is 8.97. The summed E-state index contributed by atoms with van der Waals surface area (Å²) in [6.45, 7) is 0.515. The summed E-state index contributed by atoms with van der Waals surface area (Å²) in [5, 5.41) is 0.653. The first-order valence-electron chi connectivity index (χ1n) is 3.65. The maximum atomic E-state index is 5.89. The molecule has 2 nitrogen and oxygen atoms in total. The Morgan fingerprint density at radius 1 is 1.42 bits per heavy atom. The van der Waals surface area contributed by atoms with E-state index in [0.717, 1.165) is 5.56 Å². The van der Waals surface area contributed by atoms with E-state index >= 15 is 0 Å². The molecule has 0 spiro atoms. The van der Waals surface area contributed by atoms with Gasteiger partial charge in [-0.05, 0) is 17.7 Å². The van der Waals surface area contributed by atoms with Crippen LogP contribution in [-0.2, 0) is 0 Å². The molecule has 0 radical (unpaired) electrons. The van der Waals surface area contributed by atoms with Crippen molar-refractivity contribution in [3.05, 3.63) is 34.9 Å².